The summed E-state index contributed by atoms with van der Waals surface area (Å²) in [4.78, 5) is 12.4. The summed E-state index contributed by atoms with van der Waals surface area (Å²) in [7, 11) is 0. The van der Waals surface area contributed by atoms with Gasteiger partial charge in [-0.2, -0.15) is 0 Å². The average Bonchev–Trinajstić information content (AvgIpc) is 3.05. The molecule has 1 aliphatic carbocycles. The van der Waals surface area contributed by atoms with Gasteiger partial charge in [0.25, 0.3) is 0 Å². The SMILES string of the molecule is CCn1c(SCC(=O)N[C@H]2CCCC[C@H]2C)nnc1-c1ccccc1C. The third-order valence-corrected chi connectivity index (χ3v) is 6.18. The van der Waals surface area contributed by atoms with Crippen molar-refractivity contribution in [1.82, 2.24) is 20.1 Å². The zero-order valence-corrected chi connectivity index (χ0v) is 16.7. The minimum Gasteiger partial charge on any atom is -0.352 e. The number of amides is 1. The standard InChI is InChI=1S/C20H28N4OS/c1-4-24-19(16-11-7-5-9-14(16)2)22-23-20(24)26-13-18(25)21-17-12-8-6-10-15(17)3/h5,7,9,11,15,17H,4,6,8,10,12-13H2,1-3H3,(H,21,25)/t15-,17+/m1/s1. The van der Waals surface area contributed by atoms with Gasteiger partial charge in [-0.1, -0.05) is 55.8 Å². The van der Waals surface area contributed by atoms with Gasteiger partial charge in [0.05, 0.1) is 5.75 Å². The highest BCUT2D eigenvalue weighted by Crippen LogP contribution is 2.27. The lowest BCUT2D eigenvalue weighted by atomic mass is 9.86. The minimum absolute atomic E-state index is 0.0943. The van der Waals surface area contributed by atoms with Crippen LogP contribution in [0.15, 0.2) is 29.4 Å². The minimum atomic E-state index is 0.0943. The highest BCUT2D eigenvalue weighted by molar-refractivity contribution is 7.99. The lowest BCUT2D eigenvalue weighted by Crippen LogP contribution is -2.41. The molecular formula is C20H28N4OS. The van der Waals surface area contributed by atoms with E-state index in [1.54, 1.807) is 0 Å². The maximum atomic E-state index is 12.4. The summed E-state index contributed by atoms with van der Waals surface area (Å²) in [5.41, 5.74) is 2.27. The number of hydrogen-bond donors (Lipinski definition) is 1. The number of aryl methyl sites for hydroxylation is 1. The van der Waals surface area contributed by atoms with Crippen LogP contribution in [0, 0.1) is 12.8 Å². The van der Waals surface area contributed by atoms with Gasteiger partial charge in [-0.15, -0.1) is 10.2 Å². The Morgan fingerprint density at radius 1 is 1.27 bits per heavy atom. The van der Waals surface area contributed by atoms with Gasteiger partial charge in [0.2, 0.25) is 5.91 Å². The van der Waals surface area contributed by atoms with Gasteiger partial charge in [-0.25, -0.2) is 0 Å². The van der Waals surface area contributed by atoms with E-state index >= 15 is 0 Å². The van der Waals surface area contributed by atoms with Crippen LogP contribution in [0.25, 0.3) is 11.4 Å². The van der Waals surface area contributed by atoms with Crippen LogP contribution in [-0.4, -0.2) is 32.5 Å². The second-order valence-electron chi connectivity index (χ2n) is 7.09. The van der Waals surface area contributed by atoms with Crippen molar-refractivity contribution < 1.29 is 4.79 Å². The first-order valence-corrected chi connectivity index (χ1v) is 10.5. The topological polar surface area (TPSA) is 59.8 Å². The molecule has 0 saturated heterocycles. The van der Waals surface area contributed by atoms with E-state index in [0.29, 0.717) is 17.7 Å². The van der Waals surface area contributed by atoms with Gasteiger partial charge < -0.3 is 9.88 Å². The molecule has 1 amide bonds. The van der Waals surface area contributed by atoms with Gasteiger partial charge in [0, 0.05) is 18.2 Å². The van der Waals surface area contributed by atoms with Crippen LogP contribution in [0.3, 0.4) is 0 Å². The monoisotopic (exact) mass is 372 g/mol. The Hall–Kier alpha value is -1.82. The average molecular weight is 373 g/mol. The maximum Gasteiger partial charge on any atom is 0.230 e. The summed E-state index contributed by atoms with van der Waals surface area (Å²) in [6, 6.07) is 8.51. The third kappa shape index (κ3) is 4.29. The molecule has 1 heterocycles. The molecule has 1 saturated carbocycles. The summed E-state index contributed by atoms with van der Waals surface area (Å²) in [6.07, 6.45) is 4.80. The normalized spacial score (nSPS) is 20.1. The van der Waals surface area contributed by atoms with E-state index in [4.69, 9.17) is 0 Å². The van der Waals surface area contributed by atoms with Gasteiger partial charge in [-0.05, 0) is 38.2 Å². The summed E-state index contributed by atoms with van der Waals surface area (Å²) in [6.45, 7) is 7.17. The van der Waals surface area contributed by atoms with E-state index in [0.717, 1.165) is 29.5 Å². The van der Waals surface area contributed by atoms with Crippen LogP contribution < -0.4 is 5.32 Å². The number of hydrogen-bond acceptors (Lipinski definition) is 4. The van der Waals surface area contributed by atoms with Crippen LogP contribution >= 0.6 is 11.8 Å². The molecule has 26 heavy (non-hydrogen) atoms. The molecule has 1 fully saturated rings. The lowest BCUT2D eigenvalue weighted by molar-refractivity contribution is -0.119. The zero-order valence-electron chi connectivity index (χ0n) is 15.9. The number of nitrogens with one attached hydrogen (secondary N) is 1. The summed E-state index contributed by atoms with van der Waals surface area (Å²) < 4.78 is 2.09. The summed E-state index contributed by atoms with van der Waals surface area (Å²) >= 11 is 1.47. The van der Waals surface area contributed by atoms with E-state index in [-0.39, 0.29) is 5.91 Å². The van der Waals surface area contributed by atoms with Crippen molar-refractivity contribution in [3.63, 3.8) is 0 Å². The van der Waals surface area contributed by atoms with Crippen molar-refractivity contribution in [2.45, 2.75) is 64.2 Å². The molecule has 1 aromatic heterocycles. The number of benzene rings is 1. The van der Waals surface area contributed by atoms with E-state index in [9.17, 15) is 4.79 Å². The van der Waals surface area contributed by atoms with Crippen molar-refractivity contribution in [2.75, 3.05) is 5.75 Å². The van der Waals surface area contributed by atoms with Crippen molar-refractivity contribution in [3.05, 3.63) is 29.8 Å². The van der Waals surface area contributed by atoms with Crippen molar-refractivity contribution in [3.8, 4) is 11.4 Å². The van der Waals surface area contributed by atoms with Crippen LogP contribution in [0.4, 0.5) is 0 Å². The number of aromatic nitrogens is 3. The smallest absolute Gasteiger partial charge is 0.230 e. The maximum absolute atomic E-state index is 12.4. The molecule has 5 nitrogen and oxygen atoms in total. The van der Waals surface area contributed by atoms with Crippen molar-refractivity contribution in [2.24, 2.45) is 5.92 Å². The Balaban J connectivity index is 1.65. The fourth-order valence-corrected chi connectivity index (χ4v) is 4.43. The Labute approximate surface area is 160 Å². The van der Waals surface area contributed by atoms with Gasteiger partial charge in [0.1, 0.15) is 0 Å². The highest BCUT2D eigenvalue weighted by Gasteiger charge is 2.23. The van der Waals surface area contributed by atoms with Crippen LogP contribution in [0.2, 0.25) is 0 Å². The number of rotatable bonds is 6. The molecule has 2 aromatic rings. The molecule has 140 valence electrons. The number of nitrogens with zero attached hydrogens (tertiary/aromatic N) is 3. The molecule has 0 spiro atoms. The van der Waals surface area contributed by atoms with Crippen molar-refractivity contribution in [1.29, 1.82) is 0 Å². The number of thioether (sulfide) groups is 1. The van der Waals surface area contributed by atoms with E-state index in [2.05, 4.69) is 53.0 Å². The number of carbonyl (C=O) groups is 1. The third-order valence-electron chi connectivity index (χ3n) is 5.21. The summed E-state index contributed by atoms with van der Waals surface area (Å²) in [5, 5.41) is 12.7. The highest BCUT2D eigenvalue weighted by atomic mass is 32.2. The Kier molecular flexibility index (Phi) is 6.35. The fourth-order valence-electron chi connectivity index (χ4n) is 3.61. The van der Waals surface area contributed by atoms with Gasteiger partial charge >= 0.3 is 0 Å². The largest absolute Gasteiger partial charge is 0.352 e. The Morgan fingerprint density at radius 2 is 2.04 bits per heavy atom. The Bertz CT molecular complexity index is 758. The molecule has 0 bridgehead atoms. The molecular weight excluding hydrogens is 344 g/mol. The predicted octanol–water partition coefficient (Wildman–Crippen LogP) is 4.06. The fraction of sp³-hybridized carbons (Fsp3) is 0.550. The molecule has 1 N–H and O–H groups in total. The zero-order chi connectivity index (χ0) is 18.5. The number of carbonyl (C=O) groups excluding carboxylic acids is 1. The predicted molar refractivity (Wildman–Crippen MR) is 106 cm³/mol. The first-order valence-electron chi connectivity index (χ1n) is 9.51. The molecule has 3 rings (SSSR count). The molecule has 1 aliphatic rings. The molecule has 2 atom stereocenters. The van der Waals surface area contributed by atoms with E-state index in [1.807, 2.05) is 12.1 Å². The van der Waals surface area contributed by atoms with Crippen LogP contribution in [0.5, 0.6) is 0 Å². The second-order valence-corrected chi connectivity index (χ2v) is 8.03. The first kappa shape index (κ1) is 19.0. The van der Waals surface area contributed by atoms with E-state index < -0.39 is 0 Å². The van der Waals surface area contributed by atoms with Gasteiger partial charge in [0.15, 0.2) is 11.0 Å². The first-order chi connectivity index (χ1) is 12.6. The van der Waals surface area contributed by atoms with Crippen LogP contribution in [0.1, 0.15) is 45.1 Å². The quantitative estimate of drug-likeness (QED) is 0.777. The summed E-state index contributed by atoms with van der Waals surface area (Å²) in [5.74, 6) is 1.92. The lowest BCUT2D eigenvalue weighted by Gasteiger charge is -2.29. The van der Waals surface area contributed by atoms with Gasteiger partial charge in [-0.3, -0.25) is 4.79 Å². The van der Waals surface area contributed by atoms with Crippen molar-refractivity contribution >= 4 is 17.7 Å². The molecule has 6 heteroatoms. The molecule has 0 unspecified atom stereocenters. The Morgan fingerprint density at radius 3 is 2.77 bits per heavy atom. The second kappa shape index (κ2) is 8.71. The molecule has 1 aromatic carbocycles. The van der Waals surface area contributed by atoms with E-state index in [1.165, 1.54) is 36.6 Å². The molecule has 0 aliphatic heterocycles. The molecule has 0 radical (unpaired) electrons. The van der Waals surface area contributed by atoms with Crippen LogP contribution in [-0.2, 0) is 11.3 Å².